The van der Waals surface area contributed by atoms with Gasteiger partial charge in [-0.2, -0.15) is 0 Å². The normalized spacial score (nSPS) is 13.1. The van der Waals surface area contributed by atoms with Crippen LogP contribution in [0.2, 0.25) is 0 Å². The molecular formula is C60H113NO3. The molecule has 0 saturated carbocycles. The topological polar surface area (TPSA) is 69.6 Å². The van der Waals surface area contributed by atoms with Gasteiger partial charge < -0.3 is 15.5 Å². The van der Waals surface area contributed by atoms with Gasteiger partial charge in [0.15, 0.2) is 0 Å². The number of hydrogen-bond acceptors (Lipinski definition) is 3. The van der Waals surface area contributed by atoms with Gasteiger partial charge in [0.25, 0.3) is 0 Å². The van der Waals surface area contributed by atoms with Crippen LogP contribution in [0.3, 0.4) is 0 Å². The summed E-state index contributed by atoms with van der Waals surface area (Å²) in [5, 5.41) is 23.3. The van der Waals surface area contributed by atoms with Gasteiger partial charge in [-0.05, 0) is 51.4 Å². The number of aliphatic hydroxyl groups is 2. The van der Waals surface area contributed by atoms with Crippen molar-refractivity contribution < 1.29 is 15.0 Å². The fraction of sp³-hybridized carbons (Fsp3) is 0.850. The average Bonchev–Trinajstić information content (AvgIpc) is 3.30. The van der Waals surface area contributed by atoms with E-state index in [9.17, 15) is 15.0 Å². The fourth-order valence-corrected chi connectivity index (χ4v) is 9.00. The lowest BCUT2D eigenvalue weighted by Gasteiger charge is -2.22. The zero-order chi connectivity index (χ0) is 46.3. The van der Waals surface area contributed by atoms with Crippen molar-refractivity contribution in [2.75, 3.05) is 6.61 Å². The van der Waals surface area contributed by atoms with Crippen LogP contribution in [0.1, 0.15) is 309 Å². The van der Waals surface area contributed by atoms with Crippen molar-refractivity contribution in [2.45, 2.75) is 321 Å². The lowest BCUT2D eigenvalue weighted by molar-refractivity contribution is -0.123. The number of rotatable bonds is 53. The van der Waals surface area contributed by atoms with Gasteiger partial charge in [-0.25, -0.2) is 0 Å². The zero-order valence-electron chi connectivity index (χ0n) is 43.3. The molecule has 0 saturated heterocycles. The molecule has 0 heterocycles. The van der Waals surface area contributed by atoms with Crippen molar-refractivity contribution in [1.82, 2.24) is 5.32 Å². The van der Waals surface area contributed by atoms with Crippen molar-refractivity contribution in [3.8, 4) is 0 Å². The van der Waals surface area contributed by atoms with Crippen LogP contribution >= 0.6 is 0 Å². The molecule has 4 heteroatoms. The number of aliphatic hydroxyl groups excluding tert-OH is 2. The third kappa shape index (κ3) is 51.3. The van der Waals surface area contributed by atoms with E-state index in [-0.39, 0.29) is 12.5 Å². The minimum atomic E-state index is -0.657. The number of carbonyl (C=O) groups excluding carboxylic acids is 1. The van der Waals surface area contributed by atoms with Gasteiger partial charge in [-0.3, -0.25) is 4.79 Å². The molecular weight excluding hydrogens is 783 g/mol. The van der Waals surface area contributed by atoms with Crippen LogP contribution in [-0.4, -0.2) is 34.9 Å². The van der Waals surface area contributed by atoms with Crippen molar-refractivity contribution >= 4 is 5.91 Å². The Labute approximate surface area is 401 Å². The van der Waals surface area contributed by atoms with Gasteiger partial charge >= 0.3 is 0 Å². The van der Waals surface area contributed by atoms with Crippen LogP contribution in [0.25, 0.3) is 0 Å². The quantitative estimate of drug-likeness (QED) is 0.0421. The van der Waals surface area contributed by atoms with Crippen molar-refractivity contribution in [1.29, 1.82) is 0 Å². The summed E-state index contributed by atoms with van der Waals surface area (Å²) >= 11 is 0. The Morgan fingerprint density at radius 2 is 0.688 bits per heavy atom. The molecule has 4 nitrogen and oxygen atoms in total. The van der Waals surface area contributed by atoms with Crippen LogP contribution in [-0.2, 0) is 4.79 Å². The maximum atomic E-state index is 12.5. The zero-order valence-corrected chi connectivity index (χ0v) is 43.3. The van der Waals surface area contributed by atoms with E-state index in [0.717, 1.165) is 51.4 Å². The van der Waals surface area contributed by atoms with Crippen LogP contribution in [0.4, 0.5) is 0 Å². The van der Waals surface area contributed by atoms with E-state index in [1.54, 1.807) is 0 Å². The van der Waals surface area contributed by atoms with E-state index >= 15 is 0 Å². The van der Waals surface area contributed by atoms with E-state index in [0.29, 0.717) is 12.8 Å². The Hall–Kier alpha value is -1.65. The highest BCUT2D eigenvalue weighted by atomic mass is 16.3. The van der Waals surface area contributed by atoms with E-state index in [4.69, 9.17) is 0 Å². The van der Waals surface area contributed by atoms with E-state index in [1.165, 1.54) is 231 Å². The fourth-order valence-electron chi connectivity index (χ4n) is 9.00. The Morgan fingerprint density at radius 3 is 1.03 bits per heavy atom. The predicted molar refractivity (Wildman–Crippen MR) is 285 cm³/mol. The highest BCUT2D eigenvalue weighted by Crippen LogP contribution is 2.18. The van der Waals surface area contributed by atoms with E-state index in [2.05, 4.69) is 67.8 Å². The number of nitrogens with one attached hydrogen (secondary N) is 1. The molecule has 0 aliphatic carbocycles. The highest BCUT2D eigenvalue weighted by molar-refractivity contribution is 5.76. The van der Waals surface area contributed by atoms with Crippen molar-refractivity contribution in [3.63, 3.8) is 0 Å². The molecule has 3 N–H and O–H groups in total. The summed E-state index contributed by atoms with van der Waals surface area (Å²) in [5.41, 5.74) is 0. The third-order valence-corrected chi connectivity index (χ3v) is 13.4. The Balaban J connectivity index is 3.38. The van der Waals surface area contributed by atoms with Crippen LogP contribution < -0.4 is 5.32 Å². The van der Waals surface area contributed by atoms with Gasteiger partial charge in [-0.1, -0.05) is 300 Å². The first kappa shape index (κ1) is 62.4. The van der Waals surface area contributed by atoms with Gasteiger partial charge in [-0.15, -0.1) is 0 Å². The van der Waals surface area contributed by atoms with Crippen LogP contribution in [0.15, 0.2) is 48.6 Å². The summed E-state index contributed by atoms with van der Waals surface area (Å²) in [4.78, 5) is 12.5. The molecule has 0 aliphatic rings. The van der Waals surface area contributed by atoms with Crippen LogP contribution in [0, 0.1) is 0 Å². The van der Waals surface area contributed by atoms with E-state index < -0.39 is 12.1 Å². The summed E-state index contributed by atoms with van der Waals surface area (Å²) in [5.74, 6) is -0.0261. The molecule has 376 valence electrons. The summed E-state index contributed by atoms with van der Waals surface area (Å²) in [6.07, 6.45) is 76.9. The molecule has 0 aromatic carbocycles. The molecule has 0 radical (unpaired) electrons. The first-order valence-corrected chi connectivity index (χ1v) is 28.8. The summed E-state index contributed by atoms with van der Waals surface area (Å²) in [6.45, 7) is 4.27. The van der Waals surface area contributed by atoms with Gasteiger partial charge in [0.2, 0.25) is 5.91 Å². The summed E-state index contributed by atoms with van der Waals surface area (Å²) < 4.78 is 0. The number of amides is 1. The third-order valence-electron chi connectivity index (χ3n) is 13.4. The maximum absolute atomic E-state index is 12.5. The van der Waals surface area contributed by atoms with Gasteiger partial charge in [0.05, 0.1) is 18.8 Å². The van der Waals surface area contributed by atoms with E-state index in [1.807, 2.05) is 0 Å². The lowest BCUT2D eigenvalue weighted by atomic mass is 10.0. The minimum Gasteiger partial charge on any atom is -0.394 e. The molecule has 64 heavy (non-hydrogen) atoms. The molecule has 2 unspecified atom stereocenters. The Kier molecular flexibility index (Phi) is 54.2. The molecule has 0 aromatic rings. The first-order chi connectivity index (χ1) is 31.7. The number of hydrogen-bond donors (Lipinski definition) is 3. The molecule has 0 fully saturated rings. The standard InChI is InChI=1S/C60H113NO3/c1-3-5-7-9-11-13-15-17-19-20-21-22-23-24-25-26-27-28-29-30-31-32-33-34-35-36-37-38-39-40-42-44-46-48-50-52-54-56-60(64)61-58(57-62)59(63)55-53-51-49-47-45-43-41-18-16-14-12-10-8-6-4-2/h5,7,11,13,17,19,21-22,58-59,62-63H,3-4,6,8-10,12,14-16,18,20,23-57H2,1-2H3,(H,61,64)/b7-5-,13-11-,19-17-,22-21-. The largest absolute Gasteiger partial charge is 0.394 e. The minimum absolute atomic E-state index is 0.0261. The number of unbranched alkanes of at least 4 members (excludes halogenated alkanes) is 38. The first-order valence-electron chi connectivity index (χ1n) is 28.8. The second-order valence-electron chi connectivity index (χ2n) is 19.7. The Bertz CT molecular complexity index is 1020. The van der Waals surface area contributed by atoms with Crippen molar-refractivity contribution in [3.05, 3.63) is 48.6 Å². The van der Waals surface area contributed by atoms with Gasteiger partial charge in [0.1, 0.15) is 0 Å². The van der Waals surface area contributed by atoms with Gasteiger partial charge in [0, 0.05) is 6.42 Å². The summed E-state index contributed by atoms with van der Waals surface area (Å²) in [7, 11) is 0. The molecule has 0 spiro atoms. The molecule has 0 rings (SSSR count). The monoisotopic (exact) mass is 896 g/mol. The molecule has 2 atom stereocenters. The average molecular weight is 897 g/mol. The Morgan fingerprint density at radius 1 is 0.391 bits per heavy atom. The lowest BCUT2D eigenvalue weighted by Crippen LogP contribution is -2.45. The SMILES string of the molecule is CC/C=C\C/C=C\C/C=C\C/C=C\CCCCCCCCCCCCCCCCCCCCCCCCCCC(=O)NC(CO)C(O)CCCCCCCCCCCCCCCCC. The summed E-state index contributed by atoms with van der Waals surface area (Å²) in [6, 6.07) is -0.534. The molecule has 0 aliphatic heterocycles. The second-order valence-corrected chi connectivity index (χ2v) is 19.7. The second kappa shape index (κ2) is 55.7. The number of allylic oxidation sites excluding steroid dienone is 8. The molecule has 0 aromatic heterocycles. The highest BCUT2D eigenvalue weighted by Gasteiger charge is 2.20. The number of carbonyl (C=O) groups is 1. The predicted octanol–water partition coefficient (Wildman–Crippen LogP) is 19.0. The smallest absolute Gasteiger partial charge is 0.220 e. The maximum Gasteiger partial charge on any atom is 0.220 e. The molecule has 0 bridgehead atoms. The van der Waals surface area contributed by atoms with Crippen molar-refractivity contribution in [2.24, 2.45) is 0 Å². The van der Waals surface area contributed by atoms with Crippen LogP contribution in [0.5, 0.6) is 0 Å². The molecule has 1 amide bonds.